The molecule has 0 aliphatic heterocycles. The molecule has 0 spiro atoms. The van der Waals surface area contributed by atoms with Crippen LogP contribution in [0.5, 0.6) is 11.5 Å². The first kappa shape index (κ1) is 15.5. The number of esters is 1. The smallest absolute Gasteiger partial charge is 0.340 e. The topological polar surface area (TPSA) is 61.5 Å². The summed E-state index contributed by atoms with van der Waals surface area (Å²) in [5.41, 5.74) is 7.17. The Morgan fingerprint density at radius 3 is 2.57 bits per heavy atom. The van der Waals surface area contributed by atoms with E-state index in [0.717, 1.165) is 0 Å². The van der Waals surface area contributed by atoms with E-state index in [1.807, 2.05) is 0 Å². The number of rotatable bonds is 3. The molecule has 0 aliphatic carbocycles. The second kappa shape index (κ2) is 6.24. The number of carbonyl (C=O) groups excluding carboxylic acids is 1. The van der Waals surface area contributed by atoms with Crippen LogP contribution in [-0.4, -0.2) is 13.1 Å². The molecule has 0 amide bonds. The lowest BCUT2D eigenvalue weighted by molar-refractivity contribution is 0.0601. The number of hydrogen-bond donors (Lipinski definition) is 1. The molecule has 6 heteroatoms. The molecule has 0 bridgehead atoms. The van der Waals surface area contributed by atoms with Crippen LogP contribution in [0.25, 0.3) is 0 Å². The second-order valence-electron chi connectivity index (χ2n) is 4.37. The molecule has 0 unspecified atom stereocenters. The largest absolute Gasteiger partial charge is 0.465 e. The van der Waals surface area contributed by atoms with Gasteiger partial charge in [0.15, 0.2) is 0 Å². The Morgan fingerprint density at radius 2 is 1.90 bits per heavy atom. The highest BCUT2D eigenvalue weighted by Gasteiger charge is 2.15. The zero-order valence-electron chi connectivity index (χ0n) is 11.4. The molecule has 0 aromatic heterocycles. The Labute approximate surface area is 132 Å². The molecule has 0 heterocycles. The number of carbonyl (C=O) groups is 1. The zero-order chi connectivity index (χ0) is 15.6. The highest BCUT2D eigenvalue weighted by Crippen LogP contribution is 2.34. The van der Waals surface area contributed by atoms with E-state index in [1.165, 1.54) is 13.2 Å². The van der Waals surface area contributed by atoms with Crippen molar-refractivity contribution in [1.29, 1.82) is 0 Å². The predicted molar refractivity (Wildman–Crippen MR) is 83.5 cm³/mol. The third-order valence-corrected chi connectivity index (χ3v) is 3.43. The van der Waals surface area contributed by atoms with Crippen molar-refractivity contribution in [2.24, 2.45) is 0 Å². The summed E-state index contributed by atoms with van der Waals surface area (Å²) in [4.78, 5) is 11.7. The molecular weight excluding hydrogens is 313 g/mol. The van der Waals surface area contributed by atoms with Crippen LogP contribution >= 0.6 is 23.2 Å². The minimum atomic E-state index is -0.529. The normalized spacial score (nSPS) is 10.3. The van der Waals surface area contributed by atoms with Crippen LogP contribution in [0.4, 0.5) is 5.69 Å². The van der Waals surface area contributed by atoms with Crippen molar-refractivity contribution in [2.45, 2.75) is 6.92 Å². The molecule has 110 valence electrons. The molecule has 2 aromatic carbocycles. The number of benzene rings is 2. The van der Waals surface area contributed by atoms with Crippen LogP contribution in [0.15, 0.2) is 30.3 Å². The Balaban J connectivity index is 2.43. The van der Waals surface area contributed by atoms with Gasteiger partial charge in [0, 0.05) is 16.8 Å². The van der Waals surface area contributed by atoms with Crippen molar-refractivity contribution < 1.29 is 14.3 Å². The number of halogens is 2. The summed E-state index contributed by atoms with van der Waals surface area (Å²) in [6.07, 6.45) is 0. The van der Waals surface area contributed by atoms with Crippen LogP contribution in [0.3, 0.4) is 0 Å². The number of hydrogen-bond acceptors (Lipinski definition) is 4. The quantitative estimate of drug-likeness (QED) is 0.668. The number of methoxy groups -OCH3 is 1. The van der Waals surface area contributed by atoms with Crippen LogP contribution in [-0.2, 0) is 4.74 Å². The van der Waals surface area contributed by atoms with Gasteiger partial charge in [-0.05, 0) is 36.8 Å². The molecule has 2 aromatic rings. The lowest BCUT2D eigenvalue weighted by Gasteiger charge is -2.12. The van der Waals surface area contributed by atoms with E-state index >= 15 is 0 Å². The molecule has 0 saturated carbocycles. The van der Waals surface area contributed by atoms with Gasteiger partial charge in [-0.1, -0.05) is 23.2 Å². The van der Waals surface area contributed by atoms with Crippen LogP contribution in [0.1, 0.15) is 15.9 Å². The molecule has 2 rings (SSSR count). The summed E-state index contributed by atoms with van der Waals surface area (Å²) in [5.74, 6) is 0.286. The van der Waals surface area contributed by atoms with Crippen molar-refractivity contribution in [3.8, 4) is 11.5 Å². The van der Waals surface area contributed by atoms with Gasteiger partial charge in [0.05, 0.1) is 17.7 Å². The Hall–Kier alpha value is -1.91. The predicted octanol–water partition coefficient (Wildman–Crippen LogP) is 4.46. The van der Waals surface area contributed by atoms with Gasteiger partial charge in [-0.15, -0.1) is 0 Å². The maximum atomic E-state index is 11.7. The first-order chi connectivity index (χ1) is 9.92. The van der Waals surface area contributed by atoms with E-state index in [2.05, 4.69) is 0 Å². The molecule has 2 N–H and O–H groups in total. The highest BCUT2D eigenvalue weighted by molar-refractivity contribution is 6.34. The van der Waals surface area contributed by atoms with E-state index in [0.29, 0.717) is 32.8 Å². The standard InChI is InChI=1S/C15H13Cl2NO3/c1-8-5-10(7-11(14(8)18)15(19)20-2)21-13-6-9(16)3-4-12(13)17/h3-7H,18H2,1-2H3. The third kappa shape index (κ3) is 3.40. The highest BCUT2D eigenvalue weighted by atomic mass is 35.5. The maximum Gasteiger partial charge on any atom is 0.340 e. The summed E-state index contributed by atoms with van der Waals surface area (Å²) in [6, 6.07) is 8.09. The lowest BCUT2D eigenvalue weighted by atomic mass is 10.1. The Bertz CT molecular complexity index is 702. The molecule has 0 atom stereocenters. The summed E-state index contributed by atoms with van der Waals surface area (Å²) < 4.78 is 10.4. The number of nitrogen functional groups attached to an aromatic ring is 1. The van der Waals surface area contributed by atoms with Crippen LogP contribution in [0, 0.1) is 6.92 Å². The fourth-order valence-corrected chi connectivity index (χ4v) is 2.10. The number of anilines is 1. The summed E-state index contributed by atoms with van der Waals surface area (Å²) >= 11 is 12.0. The second-order valence-corrected chi connectivity index (χ2v) is 5.21. The van der Waals surface area contributed by atoms with Crippen molar-refractivity contribution >= 4 is 34.9 Å². The first-order valence-electron chi connectivity index (χ1n) is 6.03. The molecule has 21 heavy (non-hydrogen) atoms. The molecular formula is C15H13Cl2NO3. The van der Waals surface area contributed by atoms with Crippen molar-refractivity contribution in [1.82, 2.24) is 0 Å². The first-order valence-corrected chi connectivity index (χ1v) is 6.79. The van der Waals surface area contributed by atoms with Crippen LogP contribution < -0.4 is 10.5 Å². The van der Waals surface area contributed by atoms with Gasteiger partial charge >= 0.3 is 5.97 Å². The van der Waals surface area contributed by atoms with Crippen molar-refractivity contribution in [3.63, 3.8) is 0 Å². The number of aryl methyl sites for hydroxylation is 1. The molecule has 4 nitrogen and oxygen atoms in total. The summed E-state index contributed by atoms with van der Waals surface area (Å²) in [6.45, 7) is 1.77. The van der Waals surface area contributed by atoms with Crippen molar-refractivity contribution in [3.05, 3.63) is 51.5 Å². The molecule has 0 saturated heterocycles. The minimum Gasteiger partial charge on any atom is -0.465 e. The van der Waals surface area contributed by atoms with Gasteiger partial charge in [-0.25, -0.2) is 4.79 Å². The van der Waals surface area contributed by atoms with Gasteiger partial charge in [-0.2, -0.15) is 0 Å². The maximum absolute atomic E-state index is 11.7. The van der Waals surface area contributed by atoms with Crippen LogP contribution in [0.2, 0.25) is 10.0 Å². The fraction of sp³-hybridized carbons (Fsp3) is 0.133. The Kier molecular flexibility index (Phi) is 4.60. The number of nitrogens with two attached hydrogens (primary N) is 1. The lowest BCUT2D eigenvalue weighted by Crippen LogP contribution is -2.07. The zero-order valence-corrected chi connectivity index (χ0v) is 13.0. The SMILES string of the molecule is COC(=O)c1cc(Oc2cc(Cl)ccc2Cl)cc(C)c1N. The van der Waals surface area contributed by atoms with Gasteiger partial charge in [0.25, 0.3) is 0 Å². The third-order valence-electron chi connectivity index (χ3n) is 2.89. The van der Waals surface area contributed by atoms with E-state index in [9.17, 15) is 4.79 Å². The van der Waals surface area contributed by atoms with E-state index in [4.69, 9.17) is 38.4 Å². The minimum absolute atomic E-state index is 0.241. The van der Waals surface area contributed by atoms with Gasteiger partial charge < -0.3 is 15.2 Å². The van der Waals surface area contributed by atoms with E-state index in [1.54, 1.807) is 31.2 Å². The average Bonchev–Trinajstić information content (AvgIpc) is 2.45. The van der Waals surface area contributed by atoms with E-state index in [-0.39, 0.29) is 5.56 Å². The van der Waals surface area contributed by atoms with Gasteiger partial charge in [-0.3, -0.25) is 0 Å². The van der Waals surface area contributed by atoms with Crippen molar-refractivity contribution in [2.75, 3.05) is 12.8 Å². The van der Waals surface area contributed by atoms with E-state index < -0.39 is 5.97 Å². The van der Waals surface area contributed by atoms with Gasteiger partial charge in [0.1, 0.15) is 11.5 Å². The fourth-order valence-electron chi connectivity index (χ4n) is 1.79. The molecule has 0 fully saturated rings. The van der Waals surface area contributed by atoms with Gasteiger partial charge in [0.2, 0.25) is 0 Å². The average molecular weight is 326 g/mol. The molecule has 0 aliphatic rings. The molecule has 0 radical (unpaired) electrons. The monoisotopic (exact) mass is 325 g/mol. The number of ether oxygens (including phenoxy) is 2. The summed E-state index contributed by atoms with van der Waals surface area (Å²) in [7, 11) is 1.29. The Morgan fingerprint density at radius 1 is 1.19 bits per heavy atom. The summed E-state index contributed by atoms with van der Waals surface area (Å²) in [5, 5.41) is 0.906.